The van der Waals surface area contributed by atoms with Gasteiger partial charge in [0.1, 0.15) is 11.6 Å². The number of halogens is 2. The lowest BCUT2D eigenvalue weighted by Crippen LogP contribution is -2.41. The number of carbonyl (C=O) groups excluding carboxylic acids is 2. The molecule has 1 atom stereocenters. The van der Waals surface area contributed by atoms with Crippen LogP contribution in [-0.4, -0.2) is 18.4 Å². The number of allylic oxidation sites excluding steroid dienone is 3. The molecule has 0 bridgehead atoms. The molecule has 144 valence electrons. The molecule has 1 aliphatic carbocycles. The minimum Gasteiger partial charge on any atom is -0.463 e. The van der Waals surface area contributed by atoms with Crippen LogP contribution in [0.2, 0.25) is 0 Å². The lowest BCUT2D eigenvalue weighted by Gasteiger charge is -2.39. The summed E-state index contributed by atoms with van der Waals surface area (Å²) in [4.78, 5) is 25.9. The number of ketones is 1. The van der Waals surface area contributed by atoms with Gasteiger partial charge in [0.15, 0.2) is 5.78 Å². The topological polar surface area (TPSA) is 55.4 Å². The quantitative estimate of drug-likeness (QED) is 0.807. The third-order valence-electron chi connectivity index (χ3n) is 5.29. The highest BCUT2D eigenvalue weighted by atomic mass is 19.1. The predicted octanol–water partition coefficient (Wildman–Crippen LogP) is 4.13. The maximum Gasteiger partial charge on any atom is 0.336 e. The molecule has 1 aromatic rings. The Morgan fingerprint density at radius 1 is 1.30 bits per heavy atom. The fourth-order valence-corrected chi connectivity index (χ4v) is 3.83. The number of benzene rings is 1. The van der Waals surface area contributed by atoms with Crippen molar-refractivity contribution in [1.82, 2.24) is 5.32 Å². The van der Waals surface area contributed by atoms with Gasteiger partial charge in [-0.25, -0.2) is 13.6 Å². The van der Waals surface area contributed by atoms with E-state index in [0.717, 1.165) is 12.1 Å². The molecule has 1 aliphatic heterocycles. The van der Waals surface area contributed by atoms with Crippen LogP contribution in [0, 0.1) is 17.0 Å². The van der Waals surface area contributed by atoms with Gasteiger partial charge >= 0.3 is 5.97 Å². The molecular weight excluding hydrogens is 352 g/mol. The summed E-state index contributed by atoms with van der Waals surface area (Å²) < 4.78 is 34.5. The highest BCUT2D eigenvalue weighted by Crippen LogP contribution is 2.47. The SMILES string of the molecule is CCOC(=O)C1=C(C)NC2=C(C(=O)C(C)(C)CC2)C1c1c(F)cccc1F. The Hall–Kier alpha value is -2.50. The van der Waals surface area contributed by atoms with E-state index in [2.05, 4.69) is 5.32 Å². The zero-order chi connectivity index (χ0) is 19.9. The Bertz CT molecular complexity index is 863. The third kappa shape index (κ3) is 3.17. The van der Waals surface area contributed by atoms with E-state index in [1.54, 1.807) is 13.8 Å². The molecule has 0 saturated heterocycles. The van der Waals surface area contributed by atoms with Crippen molar-refractivity contribution in [3.05, 3.63) is 57.9 Å². The van der Waals surface area contributed by atoms with Crippen molar-refractivity contribution in [2.24, 2.45) is 5.41 Å². The van der Waals surface area contributed by atoms with Gasteiger partial charge in [0.25, 0.3) is 0 Å². The van der Waals surface area contributed by atoms with E-state index in [1.165, 1.54) is 6.07 Å². The zero-order valence-corrected chi connectivity index (χ0v) is 15.9. The second kappa shape index (κ2) is 6.91. The number of ether oxygens (including phenoxy) is 1. The molecule has 6 heteroatoms. The minimum absolute atomic E-state index is 0.0747. The van der Waals surface area contributed by atoms with Crippen LogP contribution < -0.4 is 5.32 Å². The van der Waals surface area contributed by atoms with Crippen molar-refractivity contribution in [3.8, 4) is 0 Å². The van der Waals surface area contributed by atoms with Gasteiger partial charge in [-0.15, -0.1) is 0 Å². The molecule has 4 nitrogen and oxygen atoms in total. The highest BCUT2D eigenvalue weighted by Gasteiger charge is 2.46. The summed E-state index contributed by atoms with van der Waals surface area (Å²) in [5, 5.41) is 3.11. The van der Waals surface area contributed by atoms with Gasteiger partial charge in [-0.1, -0.05) is 19.9 Å². The summed E-state index contributed by atoms with van der Waals surface area (Å²) in [7, 11) is 0. The molecule has 0 radical (unpaired) electrons. The Balaban J connectivity index is 2.28. The van der Waals surface area contributed by atoms with Crippen LogP contribution in [0.15, 0.2) is 40.7 Å². The summed E-state index contributed by atoms with van der Waals surface area (Å²) in [5.41, 5.74) is 0.435. The molecule has 3 rings (SSSR count). The number of esters is 1. The van der Waals surface area contributed by atoms with E-state index in [0.29, 0.717) is 24.2 Å². The summed E-state index contributed by atoms with van der Waals surface area (Å²) in [6.07, 6.45) is 1.18. The first-order chi connectivity index (χ1) is 12.7. The van der Waals surface area contributed by atoms with Gasteiger partial charge in [-0.3, -0.25) is 4.79 Å². The smallest absolute Gasteiger partial charge is 0.336 e. The fraction of sp³-hybridized carbons (Fsp3) is 0.429. The number of nitrogens with one attached hydrogen (secondary N) is 1. The first-order valence-corrected chi connectivity index (χ1v) is 9.05. The Kier molecular flexibility index (Phi) is 4.93. The molecule has 1 heterocycles. The number of rotatable bonds is 3. The molecule has 0 amide bonds. The van der Waals surface area contributed by atoms with Crippen LogP contribution in [0.3, 0.4) is 0 Å². The molecule has 0 aromatic heterocycles. The zero-order valence-electron chi connectivity index (χ0n) is 15.9. The lowest BCUT2D eigenvalue weighted by atomic mass is 9.67. The first kappa shape index (κ1) is 19.3. The van der Waals surface area contributed by atoms with E-state index < -0.39 is 28.9 Å². The largest absolute Gasteiger partial charge is 0.463 e. The lowest BCUT2D eigenvalue weighted by molar-refractivity contribution is -0.138. The molecule has 1 aromatic carbocycles. The standard InChI is InChI=1S/C21H23F2NO3/c1-5-27-20(26)15-11(2)24-14-9-10-21(3,4)19(25)17(14)18(15)16-12(22)7-6-8-13(16)23/h6-8,18,24H,5,9-10H2,1-4H3. The van der Waals surface area contributed by atoms with Crippen LogP contribution in [0.25, 0.3) is 0 Å². The Morgan fingerprint density at radius 2 is 1.93 bits per heavy atom. The molecule has 2 aliphatic rings. The minimum atomic E-state index is -1.13. The van der Waals surface area contributed by atoms with Crippen LogP contribution in [-0.2, 0) is 14.3 Å². The summed E-state index contributed by atoms with van der Waals surface area (Å²) in [6.45, 7) is 7.05. The van der Waals surface area contributed by atoms with E-state index in [4.69, 9.17) is 4.74 Å². The summed E-state index contributed by atoms with van der Waals surface area (Å²) >= 11 is 0. The van der Waals surface area contributed by atoms with Gasteiger partial charge in [0, 0.05) is 27.9 Å². The van der Waals surface area contributed by atoms with E-state index in [1.807, 2.05) is 13.8 Å². The van der Waals surface area contributed by atoms with Gasteiger partial charge in [-0.05, 0) is 38.8 Å². The molecule has 27 heavy (non-hydrogen) atoms. The van der Waals surface area contributed by atoms with Gasteiger partial charge in [0.2, 0.25) is 0 Å². The number of carbonyl (C=O) groups is 2. The van der Waals surface area contributed by atoms with Gasteiger partial charge in [-0.2, -0.15) is 0 Å². The maximum atomic E-state index is 14.7. The number of hydrogen-bond donors (Lipinski definition) is 1. The van der Waals surface area contributed by atoms with Crippen molar-refractivity contribution < 1.29 is 23.1 Å². The molecule has 1 N–H and O–H groups in total. The Labute approximate surface area is 157 Å². The van der Waals surface area contributed by atoms with Crippen LogP contribution in [0.1, 0.15) is 52.0 Å². The van der Waals surface area contributed by atoms with Crippen LogP contribution in [0.4, 0.5) is 8.78 Å². The third-order valence-corrected chi connectivity index (χ3v) is 5.29. The number of Topliss-reactive ketones (excluding diaryl/α,β-unsaturated/α-hetero) is 1. The monoisotopic (exact) mass is 375 g/mol. The second-order valence-corrected chi connectivity index (χ2v) is 7.56. The van der Waals surface area contributed by atoms with Gasteiger partial charge < -0.3 is 10.1 Å². The molecule has 0 fully saturated rings. The highest BCUT2D eigenvalue weighted by molar-refractivity contribution is 6.06. The van der Waals surface area contributed by atoms with Crippen molar-refractivity contribution in [2.75, 3.05) is 6.61 Å². The number of dihydropyridines is 1. The van der Waals surface area contributed by atoms with E-state index >= 15 is 0 Å². The Morgan fingerprint density at radius 3 is 2.52 bits per heavy atom. The molecule has 0 spiro atoms. The van der Waals surface area contributed by atoms with Crippen molar-refractivity contribution in [3.63, 3.8) is 0 Å². The maximum absolute atomic E-state index is 14.7. The number of hydrogen-bond acceptors (Lipinski definition) is 4. The second-order valence-electron chi connectivity index (χ2n) is 7.56. The van der Waals surface area contributed by atoms with Crippen LogP contribution in [0.5, 0.6) is 0 Å². The normalized spacial score (nSPS) is 21.7. The predicted molar refractivity (Wildman–Crippen MR) is 96.6 cm³/mol. The van der Waals surface area contributed by atoms with Crippen LogP contribution >= 0.6 is 0 Å². The van der Waals surface area contributed by atoms with Gasteiger partial charge in [0.05, 0.1) is 18.1 Å². The molecule has 1 unspecified atom stereocenters. The van der Waals surface area contributed by atoms with E-state index in [9.17, 15) is 18.4 Å². The first-order valence-electron chi connectivity index (χ1n) is 9.05. The average Bonchev–Trinajstić information content (AvgIpc) is 2.58. The van der Waals surface area contributed by atoms with E-state index in [-0.39, 0.29) is 29.1 Å². The fourth-order valence-electron chi connectivity index (χ4n) is 3.83. The van der Waals surface area contributed by atoms with Crippen molar-refractivity contribution >= 4 is 11.8 Å². The van der Waals surface area contributed by atoms with Crippen molar-refractivity contribution in [1.29, 1.82) is 0 Å². The average molecular weight is 375 g/mol. The summed E-state index contributed by atoms with van der Waals surface area (Å²) in [5.74, 6) is -3.61. The molecular formula is C21H23F2NO3. The summed E-state index contributed by atoms with van der Waals surface area (Å²) in [6, 6.07) is 3.53. The van der Waals surface area contributed by atoms with Crippen molar-refractivity contribution in [2.45, 2.75) is 46.5 Å². The molecule has 0 saturated carbocycles.